The summed E-state index contributed by atoms with van der Waals surface area (Å²) in [5.41, 5.74) is 2.63. The van der Waals surface area contributed by atoms with Gasteiger partial charge >= 0.3 is 0 Å². The van der Waals surface area contributed by atoms with E-state index in [-0.39, 0.29) is 6.10 Å². The molecule has 1 aromatic rings. The summed E-state index contributed by atoms with van der Waals surface area (Å²) >= 11 is 0. The third kappa shape index (κ3) is 3.71. The maximum atomic E-state index is 6.23. The smallest absolute Gasteiger partial charge is 0.0865 e. The highest BCUT2D eigenvalue weighted by Gasteiger charge is 2.25. The monoisotopic (exact) mass is 244 g/mol. The van der Waals surface area contributed by atoms with Crippen LogP contribution in [-0.2, 0) is 4.74 Å². The van der Waals surface area contributed by atoms with Gasteiger partial charge in [-0.15, -0.1) is 0 Å². The van der Waals surface area contributed by atoms with Crippen LogP contribution in [0.1, 0.15) is 57.1 Å². The quantitative estimate of drug-likeness (QED) is 0.520. The van der Waals surface area contributed by atoms with Crippen molar-refractivity contribution in [2.45, 2.75) is 57.7 Å². The summed E-state index contributed by atoms with van der Waals surface area (Å²) in [6.45, 7) is 6.43. The average molecular weight is 244 g/mol. The third-order valence-electron chi connectivity index (χ3n) is 3.65. The highest BCUT2D eigenvalue weighted by molar-refractivity contribution is 5.20. The van der Waals surface area contributed by atoms with Crippen molar-refractivity contribution in [2.24, 2.45) is 0 Å². The summed E-state index contributed by atoms with van der Waals surface area (Å²) in [6, 6.07) is 10.5. The van der Waals surface area contributed by atoms with Crippen molar-refractivity contribution in [2.75, 3.05) is 0 Å². The zero-order valence-corrected chi connectivity index (χ0v) is 11.4. The molecule has 0 unspecified atom stereocenters. The van der Waals surface area contributed by atoms with Crippen LogP contribution in [0.3, 0.4) is 0 Å². The SMILES string of the molecule is C=C1C[C@@H](CCCCC)O[C@@H](c2ccccc2)C1. The third-order valence-corrected chi connectivity index (χ3v) is 3.65. The van der Waals surface area contributed by atoms with Gasteiger partial charge in [0.1, 0.15) is 0 Å². The van der Waals surface area contributed by atoms with Crippen LogP contribution in [0, 0.1) is 0 Å². The molecule has 0 radical (unpaired) electrons. The fourth-order valence-electron chi connectivity index (χ4n) is 2.65. The standard InChI is InChI=1S/C17H24O/c1-3-4-6-11-16-12-14(2)13-17(18-16)15-9-7-5-8-10-15/h5,7-10,16-17H,2-4,6,11-13H2,1H3/t16-,17-/m1/s1. The Hall–Kier alpha value is -1.08. The second kappa shape index (κ2) is 6.75. The first-order valence-corrected chi connectivity index (χ1v) is 7.16. The van der Waals surface area contributed by atoms with E-state index in [0.717, 1.165) is 12.8 Å². The maximum absolute atomic E-state index is 6.23. The lowest BCUT2D eigenvalue weighted by Crippen LogP contribution is -2.23. The van der Waals surface area contributed by atoms with E-state index in [9.17, 15) is 0 Å². The molecule has 1 aliphatic heterocycles. The molecule has 0 saturated carbocycles. The Labute approximate surface area is 111 Å². The number of ether oxygens (including phenoxy) is 1. The molecule has 2 atom stereocenters. The van der Waals surface area contributed by atoms with E-state index in [1.807, 2.05) is 0 Å². The van der Waals surface area contributed by atoms with Gasteiger partial charge in [-0.1, -0.05) is 68.7 Å². The molecular formula is C17H24O. The summed E-state index contributed by atoms with van der Waals surface area (Å²) in [5, 5.41) is 0. The van der Waals surface area contributed by atoms with E-state index in [2.05, 4.69) is 43.8 Å². The molecule has 0 N–H and O–H groups in total. The highest BCUT2D eigenvalue weighted by atomic mass is 16.5. The summed E-state index contributed by atoms with van der Waals surface area (Å²) in [5.74, 6) is 0. The van der Waals surface area contributed by atoms with Crippen LogP contribution in [0.5, 0.6) is 0 Å². The van der Waals surface area contributed by atoms with Crippen LogP contribution in [0.2, 0.25) is 0 Å². The van der Waals surface area contributed by atoms with Crippen molar-refractivity contribution in [3.8, 4) is 0 Å². The van der Waals surface area contributed by atoms with Crippen molar-refractivity contribution in [1.29, 1.82) is 0 Å². The van der Waals surface area contributed by atoms with Gasteiger partial charge in [0.15, 0.2) is 0 Å². The minimum absolute atomic E-state index is 0.221. The molecular weight excluding hydrogens is 220 g/mol. The molecule has 18 heavy (non-hydrogen) atoms. The van der Waals surface area contributed by atoms with Gasteiger partial charge in [-0.05, 0) is 24.8 Å². The minimum Gasteiger partial charge on any atom is -0.370 e. The van der Waals surface area contributed by atoms with Crippen LogP contribution >= 0.6 is 0 Å². The summed E-state index contributed by atoms with van der Waals surface area (Å²) in [4.78, 5) is 0. The van der Waals surface area contributed by atoms with Crippen molar-refractivity contribution >= 4 is 0 Å². The minimum atomic E-state index is 0.221. The molecule has 1 aromatic carbocycles. The number of unbranched alkanes of at least 4 members (excludes halogenated alkanes) is 2. The van der Waals surface area contributed by atoms with Gasteiger partial charge < -0.3 is 4.74 Å². The maximum Gasteiger partial charge on any atom is 0.0865 e. The zero-order valence-electron chi connectivity index (χ0n) is 11.4. The molecule has 1 heterocycles. The molecule has 0 aromatic heterocycles. The lowest BCUT2D eigenvalue weighted by molar-refractivity contribution is -0.0373. The largest absolute Gasteiger partial charge is 0.370 e. The second-order valence-electron chi connectivity index (χ2n) is 5.31. The summed E-state index contributed by atoms with van der Waals surface area (Å²) in [6.07, 6.45) is 7.66. The van der Waals surface area contributed by atoms with E-state index in [0.29, 0.717) is 6.10 Å². The molecule has 1 aliphatic rings. The van der Waals surface area contributed by atoms with Gasteiger partial charge in [-0.3, -0.25) is 0 Å². The molecule has 98 valence electrons. The lowest BCUT2D eigenvalue weighted by atomic mass is 9.93. The Morgan fingerprint density at radius 3 is 2.67 bits per heavy atom. The van der Waals surface area contributed by atoms with Gasteiger partial charge in [0.25, 0.3) is 0 Å². The van der Waals surface area contributed by atoms with Crippen molar-refractivity contribution in [3.63, 3.8) is 0 Å². The Balaban J connectivity index is 1.94. The van der Waals surface area contributed by atoms with Gasteiger partial charge in [0.2, 0.25) is 0 Å². The normalized spacial score (nSPS) is 24.2. The Kier molecular flexibility index (Phi) is 5.00. The van der Waals surface area contributed by atoms with Crippen molar-refractivity contribution in [3.05, 3.63) is 48.0 Å². The lowest BCUT2D eigenvalue weighted by Gasteiger charge is -2.32. The van der Waals surface area contributed by atoms with Crippen molar-refractivity contribution < 1.29 is 4.74 Å². The number of hydrogen-bond acceptors (Lipinski definition) is 1. The first-order valence-electron chi connectivity index (χ1n) is 7.16. The molecule has 1 fully saturated rings. The van der Waals surface area contributed by atoms with Crippen LogP contribution in [0.4, 0.5) is 0 Å². The van der Waals surface area contributed by atoms with E-state index >= 15 is 0 Å². The van der Waals surface area contributed by atoms with Crippen LogP contribution in [0.25, 0.3) is 0 Å². The fraction of sp³-hybridized carbons (Fsp3) is 0.529. The van der Waals surface area contributed by atoms with Gasteiger partial charge in [0.05, 0.1) is 12.2 Å². The van der Waals surface area contributed by atoms with E-state index in [1.54, 1.807) is 0 Å². The highest BCUT2D eigenvalue weighted by Crippen LogP contribution is 2.35. The molecule has 2 rings (SSSR count). The average Bonchev–Trinajstić information content (AvgIpc) is 2.39. The predicted octanol–water partition coefficient (Wildman–Crippen LogP) is 5.04. The fourth-order valence-corrected chi connectivity index (χ4v) is 2.65. The number of rotatable bonds is 5. The first kappa shape index (κ1) is 13.4. The molecule has 1 heteroatoms. The second-order valence-corrected chi connectivity index (χ2v) is 5.31. The van der Waals surface area contributed by atoms with Crippen molar-refractivity contribution in [1.82, 2.24) is 0 Å². The summed E-state index contributed by atoms with van der Waals surface area (Å²) < 4.78 is 6.23. The molecule has 1 nitrogen and oxygen atoms in total. The Morgan fingerprint density at radius 2 is 1.94 bits per heavy atom. The Morgan fingerprint density at radius 1 is 1.17 bits per heavy atom. The number of benzene rings is 1. The molecule has 0 aliphatic carbocycles. The number of hydrogen-bond donors (Lipinski definition) is 0. The van der Waals surface area contributed by atoms with Gasteiger partial charge in [-0.25, -0.2) is 0 Å². The van der Waals surface area contributed by atoms with Crippen LogP contribution in [-0.4, -0.2) is 6.10 Å². The molecule has 0 bridgehead atoms. The first-order chi connectivity index (χ1) is 8.79. The summed E-state index contributed by atoms with van der Waals surface area (Å²) in [7, 11) is 0. The van der Waals surface area contributed by atoms with Crippen LogP contribution < -0.4 is 0 Å². The zero-order chi connectivity index (χ0) is 12.8. The van der Waals surface area contributed by atoms with E-state index in [1.165, 1.54) is 36.8 Å². The molecule has 1 saturated heterocycles. The Bertz CT molecular complexity index is 368. The van der Waals surface area contributed by atoms with E-state index in [4.69, 9.17) is 4.74 Å². The van der Waals surface area contributed by atoms with E-state index < -0.39 is 0 Å². The van der Waals surface area contributed by atoms with Gasteiger partial charge in [-0.2, -0.15) is 0 Å². The topological polar surface area (TPSA) is 9.23 Å². The van der Waals surface area contributed by atoms with Gasteiger partial charge in [0, 0.05) is 0 Å². The van der Waals surface area contributed by atoms with Crippen LogP contribution in [0.15, 0.2) is 42.5 Å². The molecule has 0 spiro atoms. The molecule has 0 amide bonds. The predicted molar refractivity (Wildman–Crippen MR) is 76.6 cm³/mol.